The summed E-state index contributed by atoms with van der Waals surface area (Å²) >= 11 is 0. The van der Waals surface area contributed by atoms with E-state index in [1.54, 1.807) is 25.3 Å². The fourth-order valence-electron chi connectivity index (χ4n) is 3.58. The van der Waals surface area contributed by atoms with Gasteiger partial charge in [0.1, 0.15) is 24.2 Å². The van der Waals surface area contributed by atoms with Gasteiger partial charge in [0.05, 0.1) is 7.11 Å². The molecule has 1 aliphatic rings. The number of hydrogen-bond acceptors (Lipinski definition) is 7. The second kappa shape index (κ2) is 7.26. The number of ether oxygens (including phenoxy) is 3. The molecule has 0 radical (unpaired) electrons. The average molecular weight is 405 g/mol. The molecule has 5 rings (SSSR count). The lowest BCUT2D eigenvalue weighted by molar-refractivity contribution is 0.0430. The Morgan fingerprint density at radius 2 is 2.10 bits per heavy atom. The van der Waals surface area contributed by atoms with Crippen molar-refractivity contribution in [2.24, 2.45) is 0 Å². The smallest absolute Gasteiger partial charge is 0.374 e. The zero-order valence-corrected chi connectivity index (χ0v) is 16.5. The van der Waals surface area contributed by atoms with Gasteiger partial charge in [-0.05, 0) is 30.7 Å². The molecular formula is C23H19NO6. The number of carbonyl (C=O) groups excluding carboxylic acids is 1. The number of aromatic nitrogens is 1. The molecule has 3 heterocycles. The fraction of sp³-hybridized carbons (Fsp3) is 0.217. The van der Waals surface area contributed by atoms with E-state index < -0.39 is 5.97 Å². The number of carbonyl (C=O) groups is 1. The van der Waals surface area contributed by atoms with E-state index >= 15 is 0 Å². The lowest BCUT2D eigenvalue weighted by Gasteiger charge is -2.03. The van der Waals surface area contributed by atoms with Gasteiger partial charge in [0.25, 0.3) is 0 Å². The summed E-state index contributed by atoms with van der Waals surface area (Å²) in [7, 11) is 1.55. The molecule has 7 heteroatoms. The van der Waals surface area contributed by atoms with Crippen LogP contribution in [0, 0.1) is 0 Å². The van der Waals surface area contributed by atoms with Crippen LogP contribution in [0.2, 0.25) is 0 Å². The normalized spacial score (nSPS) is 15.1. The molecule has 2 aromatic carbocycles. The third-order valence-corrected chi connectivity index (χ3v) is 5.03. The first-order valence-electron chi connectivity index (χ1n) is 9.60. The molecule has 2 aromatic heterocycles. The Bertz CT molecular complexity index is 1240. The molecule has 1 unspecified atom stereocenters. The van der Waals surface area contributed by atoms with Crippen molar-refractivity contribution >= 4 is 16.9 Å². The predicted octanol–water partition coefficient (Wildman–Crippen LogP) is 4.78. The Morgan fingerprint density at radius 3 is 2.97 bits per heavy atom. The van der Waals surface area contributed by atoms with E-state index in [2.05, 4.69) is 5.16 Å². The molecule has 7 nitrogen and oxygen atoms in total. The van der Waals surface area contributed by atoms with Crippen LogP contribution in [0.25, 0.3) is 22.3 Å². The van der Waals surface area contributed by atoms with Gasteiger partial charge < -0.3 is 23.2 Å². The minimum absolute atomic E-state index is 0.0327. The molecular weight excluding hydrogens is 386 g/mol. The van der Waals surface area contributed by atoms with Crippen molar-refractivity contribution in [2.75, 3.05) is 7.11 Å². The van der Waals surface area contributed by atoms with E-state index in [4.69, 9.17) is 23.2 Å². The fourth-order valence-corrected chi connectivity index (χ4v) is 3.58. The highest BCUT2D eigenvalue weighted by Gasteiger charge is 2.21. The second-order valence-electron chi connectivity index (χ2n) is 7.20. The zero-order valence-electron chi connectivity index (χ0n) is 16.5. The van der Waals surface area contributed by atoms with Crippen molar-refractivity contribution in [3.05, 3.63) is 65.5 Å². The van der Waals surface area contributed by atoms with Crippen LogP contribution in [0.1, 0.15) is 28.7 Å². The Hall–Kier alpha value is -3.74. The first kappa shape index (κ1) is 18.3. The summed E-state index contributed by atoms with van der Waals surface area (Å²) in [5.74, 6) is 1.52. The summed E-state index contributed by atoms with van der Waals surface area (Å²) in [4.78, 5) is 12.4. The Morgan fingerprint density at radius 1 is 1.20 bits per heavy atom. The van der Waals surface area contributed by atoms with Crippen molar-refractivity contribution in [1.82, 2.24) is 5.16 Å². The van der Waals surface area contributed by atoms with Gasteiger partial charge in [-0.15, -0.1) is 0 Å². The number of para-hydroxylation sites is 1. The van der Waals surface area contributed by atoms with Crippen LogP contribution in [0.5, 0.6) is 11.5 Å². The largest absolute Gasteiger partial charge is 0.493 e. The van der Waals surface area contributed by atoms with Gasteiger partial charge in [0, 0.05) is 23.4 Å². The maximum atomic E-state index is 12.4. The maximum Gasteiger partial charge on any atom is 0.374 e. The highest BCUT2D eigenvalue weighted by Crippen LogP contribution is 2.33. The summed E-state index contributed by atoms with van der Waals surface area (Å²) < 4.78 is 27.4. The number of methoxy groups -OCH3 is 1. The van der Waals surface area contributed by atoms with Crippen LogP contribution in [-0.4, -0.2) is 24.3 Å². The summed E-state index contributed by atoms with van der Waals surface area (Å²) in [6.45, 7) is 2.01. The number of fused-ring (bicyclic) bond motifs is 2. The predicted molar refractivity (Wildman–Crippen MR) is 108 cm³/mol. The van der Waals surface area contributed by atoms with E-state index in [0.29, 0.717) is 22.8 Å². The third-order valence-electron chi connectivity index (χ3n) is 5.03. The first-order chi connectivity index (χ1) is 14.6. The number of hydrogen-bond donors (Lipinski definition) is 0. The molecule has 0 bridgehead atoms. The van der Waals surface area contributed by atoms with Crippen LogP contribution in [0.15, 0.2) is 57.5 Å². The number of furan rings is 1. The summed E-state index contributed by atoms with van der Waals surface area (Å²) in [6, 6.07) is 14.7. The lowest BCUT2D eigenvalue weighted by Crippen LogP contribution is -2.05. The van der Waals surface area contributed by atoms with Gasteiger partial charge >= 0.3 is 5.97 Å². The number of rotatable bonds is 5. The Balaban J connectivity index is 1.28. The molecule has 30 heavy (non-hydrogen) atoms. The minimum atomic E-state index is -0.585. The lowest BCUT2D eigenvalue weighted by atomic mass is 10.1. The number of benzene rings is 2. The molecule has 1 aliphatic heterocycles. The third kappa shape index (κ3) is 3.28. The molecule has 0 N–H and O–H groups in total. The molecule has 0 saturated carbocycles. The zero-order chi connectivity index (χ0) is 20.7. The van der Waals surface area contributed by atoms with Crippen LogP contribution >= 0.6 is 0 Å². The second-order valence-corrected chi connectivity index (χ2v) is 7.20. The van der Waals surface area contributed by atoms with E-state index in [-0.39, 0.29) is 18.5 Å². The van der Waals surface area contributed by atoms with Gasteiger partial charge in [-0.3, -0.25) is 0 Å². The Kier molecular flexibility index (Phi) is 4.43. The molecule has 0 amide bonds. The van der Waals surface area contributed by atoms with Crippen LogP contribution in [0.4, 0.5) is 0 Å². The highest BCUT2D eigenvalue weighted by molar-refractivity contribution is 5.94. The standard InChI is InChI=1S/C23H19NO6/c1-13-8-14-6-7-15(9-19(14)28-13)20-11-17(24-30-20)12-27-23(25)21-10-16-4-3-5-18(26-2)22(16)29-21/h3-7,9-11,13H,8,12H2,1-2H3. The van der Waals surface area contributed by atoms with Gasteiger partial charge in [0.2, 0.25) is 5.76 Å². The Labute approximate surface area is 172 Å². The van der Waals surface area contributed by atoms with Crippen molar-refractivity contribution in [1.29, 1.82) is 0 Å². The molecule has 0 fully saturated rings. The molecule has 0 spiro atoms. The number of esters is 1. The van der Waals surface area contributed by atoms with Gasteiger partial charge in [0.15, 0.2) is 17.1 Å². The van der Waals surface area contributed by atoms with Crippen LogP contribution in [0.3, 0.4) is 0 Å². The summed E-state index contributed by atoms with van der Waals surface area (Å²) in [5, 5.41) is 4.76. The van der Waals surface area contributed by atoms with Gasteiger partial charge in [-0.1, -0.05) is 29.4 Å². The maximum absolute atomic E-state index is 12.4. The van der Waals surface area contributed by atoms with Crippen LogP contribution < -0.4 is 9.47 Å². The molecule has 4 aromatic rings. The van der Waals surface area contributed by atoms with E-state index in [9.17, 15) is 4.79 Å². The minimum Gasteiger partial charge on any atom is -0.493 e. The monoisotopic (exact) mass is 405 g/mol. The SMILES string of the molecule is COc1cccc2cc(C(=O)OCc3cc(-c4ccc5c(c4)OC(C)C5)on3)oc12. The van der Waals surface area contributed by atoms with Crippen LogP contribution in [-0.2, 0) is 17.8 Å². The average Bonchev–Trinajstić information content (AvgIpc) is 3.47. The highest BCUT2D eigenvalue weighted by atomic mass is 16.5. The van der Waals surface area contributed by atoms with Crippen molar-refractivity contribution in [2.45, 2.75) is 26.1 Å². The quantitative estimate of drug-likeness (QED) is 0.442. The van der Waals surface area contributed by atoms with Crippen molar-refractivity contribution in [3.63, 3.8) is 0 Å². The van der Waals surface area contributed by atoms with Gasteiger partial charge in [-0.25, -0.2) is 4.79 Å². The van der Waals surface area contributed by atoms with Crippen molar-refractivity contribution in [3.8, 4) is 22.8 Å². The van der Waals surface area contributed by atoms with E-state index in [1.165, 1.54) is 5.56 Å². The van der Waals surface area contributed by atoms with Crippen molar-refractivity contribution < 1.29 is 27.9 Å². The molecule has 152 valence electrons. The van der Waals surface area contributed by atoms with E-state index in [0.717, 1.165) is 23.1 Å². The molecule has 1 atom stereocenters. The summed E-state index contributed by atoms with van der Waals surface area (Å²) in [6.07, 6.45) is 1.08. The summed E-state index contributed by atoms with van der Waals surface area (Å²) in [5.41, 5.74) is 3.05. The number of nitrogens with zero attached hydrogens (tertiary/aromatic N) is 1. The van der Waals surface area contributed by atoms with E-state index in [1.807, 2.05) is 37.3 Å². The molecule has 0 aliphatic carbocycles. The first-order valence-corrected chi connectivity index (χ1v) is 9.60. The van der Waals surface area contributed by atoms with Gasteiger partial charge in [-0.2, -0.15) is 0 Å². The molecule has 0 saturated heterocycles. The topological polar surface area (TPSA) is 83.9 Å².